The molecular weight excluding hydrogens is 272 g/mol. The van der Waals surface area contributed by atoms with E-state index in [4.69, 9.17) is 0 Å². The summed E-state index contributed by atoms with van der Waals surface area (Å²) in [5.74, 6) is -1.65. The summed E-state index contributed by atoms with van der Waals surface area (Å²) in [4.78, 5) is 0. The van der Waals surface area contributed by atoms with E-state index in [1.165, 1.54) is 6.07 Å². The highest BCUT2D eigenvalue weighted by atomic mass is 19.2. The van der Waals surface area contributed by atoms with E-state index in [9.17, 15) is 8.78 Å². The molecule has 2 rings (SSSR count). The van der Waals surface area contributed by atoms with Crippen molar-refractivity contribution >= 4 is 0 Å². The summed E-state index contributed by atoms with van der Waals surface area (Å²) < 4.78 is 28.0. The minimum Gasteiger partial charge on any atom is -0.310 e. The second kappa shape index (κ2) is 6.35. The van der Waals surface area contributed by atoms with Gasteiger partial charge in [-0.2, -0.15) is 5.10 Å². The van der Waals surface area contributed by atoms with Gasteiger partial charge >= 0.3 is 0 Å². The lowest BCUT2D eigenvalue weighted by Gasteiger charge is -2.09. The van der Waals surface area contributed by atoms with Crippen LogP contribution in [0, 0.1) is 25.5 Å². The van der Waals surface area contributed by atoms with Crippen molar-refractivity contribution in [3.63, 3.8) is 0 Å². The second-order valence-electron chi connectivity index (χ2n) is 5.59. The molecule has 0 bridgehead atoms. The summed E-state index contributed by atoms with van der Waals surface area (Å²) in [7, 11) is 0. The van der Waals surface area contributed by atoms with Crippen molar-refractivity contribution in [2.24, 2.45) is 0 Å². The first-order chi connectivity index (χ1) is 9.88. The molecule has 0 atom stereocenters. The van der Waals surface area contributed by atoms with E-state index < -0.39 is 11.6 Å². The second-order valence-corrected chi connectivity index (χ2v) is 5.59. The van der Waals surface area contributed by atoms with E-state index in [0.29, 0.717) is 18.2 Å². The molecule has 2 aromatic rings. The van der Waals surface area contributed by atoms with E-state index in [0.717, 1.165) is 29.6 Å². The highest BCUT2D eigenvalue weighted by molar-refractivity contribution is 5.26. The number of hydrogen-bond acceptors (Lipinski definition) is 2. The fourth-order valence-corrected chi connectivity index (χ4v) is 2.26. The summed E-state index contributed by atoms with van der Waals surface area (Å²) >= 11 is 0. The fourth-order valence-electron chi connectivity index (χ4n) is 2.26. The van der Waals surface area contributed by atoms with E-state index in [-0.39, 0.29) is 0 Å². The monoisotopic (exact) mass is 293 g/mol. The van der Waals surface area contributed by atoms with Crippen molar-refractivity contribution in [1.29, 1.82) is 0 Å². The Hall–Kier alpha value is -1.75. The minimum atomic E-state index is -0.825. The van der Waals surface area contributed by atoms with Crippen LogP contribution in [0.1, 0.15) is 36.4 Å². The molecule has 1 heterocycles. The Balaban J connectivity index is 2.20. The van der Waals surface area contributed by atoms with Gasteiger partial charge in [0.05, 0.1) is 12.2 Å². The quantitative estimate of drug-likeness (QED) is 0.916. The Morgan fingerprint density at radius 1 is 1.19 bits per heavy atom. The summed E-state index contributed by atoms with van der Waals surface area (Å²) in [6, 6.07) is 4.36. The van der Waals surface area contributed by atoms with Gasteiger partial charge in [-0.15, -0.1) is 0 Å². The number of benzene rings is 1. The molecule has 21 heavy (non-hydrogen) atoms. The first-order valence-electron chi connectivity index (χ1n) is 7.08. The molecule has 0 aliphatic carbocycles. The molecule has 0 amide bonds. The molecule has 0 unspecified atom stereocenters. The van der Waals surface area contributed by atoms with Crippen LogP contribution < -0.4 is 5.32 Å². The van der Waals surface area contributed by atoms with E-state index >= 15 is 0 Å². The highest BCUT2D eigenvalue weighted by Gasteiger charge is 2.12. The zero-order valence-corrected chi connectivity index (χ0v) is 12.9. The molecule has 114 valence electrons. The Morgan fingerprint density at radius 3 is 2.52 bits per heavy atom. The van der Waals surface area contributed by atoms with Crippen LogP contribution in [-0.4, -0.2) is 15.8 Å². The number of nitrogens with zero attached hydrogens (tertiary/aromatic N) is 2. The third kappa shape index (κ3) is 3.67. The van der Waals surface area contributed by atoms with Crippen molar-refractivity contribution in [3.05, 3.63) is 52.3 Å². The van der Waals surface area contributed by atoms with E-state index in [1.54, 1.807) is 6.07 Å². The number of nitrogens with one attached hydrogen (secondary N) is 1. The van der Waals surface area contributed by atoms with Gasteiger partial charge in [0, 0.05) is 23.8 Å². The van der Waals surface area contributed by atoms with Crippen LogP contribution >= 0.6 is 0 Å². The van der Waals surface area contributed by atoms with Gasteiger partial charge in [-0.05, 0) is 31.5 Å². The lowest BCUT2D eigenvalue weighted by atomic mass is 10.1. The van der Waals surface area contributed by atoms with Gasteiger partial charge < -0.3 is 5.32 Å². The molecule has 3 nitrogen and oxygen atoms in total. The number of hydrogen-bond donors (Lipinski definition) is 1. The molecule has 0 fully saturated rings. The number of aryl methyl sites for hydroxylation is 1. The zero-order valence-electron chi connectivity index (χ0n) is 12.9. The molecule has 1 aromatic carbocycles. The predicted molar refractivity (Wildman–Crippen MR) is 79.1 cm³/mol. The molecule has 0 saturated heterocycles. The molecule has 5 heteroatoms. The third-order valence-electron chi connectivity index (χ3n) is 3.53. The molecule has 0 aliphatic heterocycles. The maximum absolute atomic E-state index is 13.3. The smallest absolute Gasteiger partial charge is 0.159 e. The third-order valence-corrected chi connectivity index (χ3v) is 3.53. The van der Waals surface area contributed by atoms with Crippen LogP contribution in [0.2, 0.25) is 0 Å². The number of aromatic nitrogens is 2. The Bertz CT molecular complexity index is 633. The maximum atomic E-state index is 13.3. The van der Waals surface area contributed by atoms with Gasteiger partial charge in [0.15, 0.2) is 11.6 Å². The van der Waals surface area contributed by atoms with Crippen LogP contribution in [0.3, 0.4) is 0 Å². The lowest BCUT2D eigenvalue weighted by molar-refractivity contribution is 0.505. The number of halogens is 2. The summed E-state index contributed by atoms with van der Waals surface area (Å²) in [6.45, 7) is 9.34. The average Bonchev–Trinajstić information content (AvgIpc) is 2.67. The zero-order chi connectivity index (χ0) is 15.6. The molecule has 0 radical (unpaired) electrons. The Morgan fingerprint density at radius 2 is 1.90 bits per heavy atom. The highest BCUT2D eigenvalue weighted by Crippen LogP contribution is 2.16. The Kier molecular flexibility index (Phi) is 4.73. The molecule has 1 aromatic heterocycles. The summed E-state index contributed by atoms with van der Waals surface area (Å²) in [5.41, 5.74) is 3.86. The molecular formula is C16H21F2N3. The van der Waals surface area contributed by atoms with Crippen molar-refractivity contribution < 1.29 is 8.78 Å². The molecule has 0 aliphatic rings. The summed E-state index contributed by atoms with van der Waals surface area (Å²) in [6.07, 6.45) is 0. The van der Waals surface area contributed by atoms with Crippen molar-refractivity contribution in [2.45, 2.75) is 46.8 Å². The van der Waals surface area contributed by atoms with Crippen molar-refractivity contribution in [1.82, 2.24) is 15.1 Å². The lowest BCUT2D eigenvalue weighted by Crippen LogP contribution is -2.22. The normalized spacial score (nSPS) is 11.4. The largest absolute Gasteiger partial charge is 0.310 e. The van der Waals surface area contributed by atoms with Crippen LogP contribution in [0.25, 0.3) is 0 Å². The van der Waals surface area contributed by atoms with Crippen LogP contribution in [0.15, 0.2) is 18.2 Å². The molecule has 0 saturated carbocycles. The van der Waals surface area contributed by atoms with Crippen molar-refractivity contribution in [2.75, 3.05) is 0 Å². The van der Waals surface area contributed by atoms with Gasteiger partial charge in [0.1, 0.15) is 0 Å². The van der Waals surface area contributed by atoms with Crippen LogP contribution in [0.5, 0.6) is 0 Å². The molecule has 0 spiro atoms. The maximum Gasteiger partial charge on any atom is 0.159 e. The van der Waals surface area contributed by atoms with Gasteiger partial charge in [0.2, 0.25) is 0 Å². The average molecular weight is 293 g/mol. The number of rotatable bonds is 5. The molecule has 1 N–H and O–H groups in total. The van der Waals surface area contributed by atoms with Gasteiger partial charge in [-0.25, -0.2) is 8.78 Å². The van der Waals surface area contributed by atoms with Crippen LogP contribution in [-0.2, 0) is 13.1 Å². The predicted octanol–water partition coefficient (Wildman–Crippen LogP) is 3.32. The summed E-state index contributed by atoms with van der Waals surface area (Å²) in [5, 5.41) is 7.87. The van der Waals surface area contributed by atoms with Gasteiger partial charge in [-0.3, -0.25) is 4.68 Å². The van der Waals surface area contributed by atoms with Gasteiger partial charge in [-0.1, -0.05) is 19.9 Å². The standard InChI is InChI=1S/C16H21F2N3/c1-10(2)19-8-14-11(3)20-21(12(14)4)9-13-5-6-15(17)16(18)7-13/h5-7,10,19H,8-9H2,1-4H3. The first-order valence-corrected chi connectivity index (χ1v) is 7.08. The van der Waals surface area contributed by atoms with Crippen molar-refractivity contribution in [3.8, 4) is 0 Å². The van der Waals surface area contributed by atoms with Gasteiger partial charge in [0.25, 0.3) is 0 Å². The topological polar surface area (TPSA) is 29.9 Å². The minimum absolute atomic E-state index is 0.401. The first kappa shape index (κ1) is 15.6. The van der Waals surface area contributed by atoms with Crippen LogP contribution in [0.4, 0.5) is 8.78 Å². The fraction of sp³-hybridized carbons (Fsp3) is 0.438. The SMILES string of the molecule is Cc1nn(Cc2ccc(F)c(F)c2)c(C)c1CNC(C)C. The van der Waals surface area contributed by atoms with E-state index in [2.05, 4.69) is 24.3 Å². The van der Waals surface area contributed by atoms with E-state index in [1.807, 2.05) is 18.5 Å². The Labute approximate surface area is 124 Å².